The number of hydrogen-bond acceptors (Lipinski definition) is 3. The van der Waals surface area contributed by atoms with Crippen molar-refractivity contribution in [3.63, 3.8) is 0 Å². The number of carbonyl (C=O) groups excluding carboxylic acids is 3. The van der Waals surface area contributed by atoms with Gasteiger partial charge in [0.2, 0.25) is 11.6 Å². The average Bonchev–Trinajstić information content (AvgIpc) is 2.73. The van der Waals surface area contributed by atoms with Gasteiger partial charge in [-0.05, 0) is 22.8 Å². The van der Waals surface area contributed by atoms with Gasteiger partial charge < -0.3 is 0 Å². The zero-order valence-corrected chi connectivity index (χ0v) is 14.7. The second kappa shape index (κ2) is 6.36. The zero-order valence-electron chi connectivity index (χ0n) is 13.8. The molecule has 0 unspecified atom stereocenters. The minimum atomic E-state index is -2.71. The Kier molecular flexibility index (Phi) is 4.02. The first kappa shape index (κ1) is 16.4. The molecule has 0 atom stereocenters. The van der Waals surface area contributed by atoms with Crippen LogP contribution in [0.3, 0.4) is 0 Å². The molecular weight excluding hydrogens is 343 g/mol. The van der Waals surface area contributed by atoms with Gasteiger partial charge in [0.15, 0.2) is 0 Å². The molecule has 0 radical (unpaired) electrons. The lowest BCUT2D eigenvalue weighted by Crippen LogP contribution is -2.53. The average molecular weight is 358 g/mol. The van der Waals surface area contributed by atoms with Gasteiger partial charge in [0, 0.05) is 0 Å². The SMILES string of the molecule is O=C1C(=O)C(=P(c2ccccc2)(c2ccccc2)c2ccccc2)C1=O. The number of carbonyl (C=O) groups is 3. The van der Waals surface area contributed by atoms with Crippen molar-refractivity contribution in [2.75, 3.05) is 0 Å². The molecule has 0 heterocycles. The van der Waals surface area contributed by atoms with Crippen molar-refractivity contribution in [1.29, 1.82) is 0 Å². The number of benzene rings is 3. The van der Waals surface area contributed by atoms with Crippen molar-refractivity contribution in [3.05, 3.63) is 91.0 Å². The molecule has 0 bridgehead atoms. The first-order chi connectivity index (χ1) is 12.7. The third-order valence-corrected chi connectivity index (χ3v) is 8.90. The minimum Gasteiger partial charge on any atom is -0.285 e. The molecule has 1 aliphatic rings. The van der Waals surface area contributed by atoms with Crippen LogP contribution in [0.5, 0.6) is 0 Å². The molecule has 26 heavy (non-hydrogen) atoms. The second-order valence-electron chi connectivity index (χ2n) is 6.01. The first-order valence-electron chi connectivity index (χ1n) is 8.24. The van der Waals surface area contributed by atoms with Gasteiger partial charge in [-0.15, -0.1) is 0 Å². The van der Waals surface area contributed by atoms with Crippen molar-refractivity contribution < 1.29 is 14.4 Å². The molecule has 0 amide bonds. The molecule has 4 rings (SSSR count). The van der Waals surface area contributed by atoms with Crippen LogP contribution in [0.1, 0.15) is 0 Å². The Hall–Kier alpha value is -3.03. The highest BCUT2D eigenvalue weighted by Gasteiger charge is 2.50. The van der Waals surface area contributed by atoms with E-state index in [0.717, 1.165) is 15.9 Å². The lowest BCUT2D eigenvalue weighted by Gasteiger charge is -2.33. The summed E-state index contributed by atoms with van der Waals surface area (Å²) in [5, 5.41) is 2.80. The van der Waals surface area contributed by atoms with Crippen LogP contribution < -0.4 is 15.9 Å². The highest BCUT2D eigenvalue weighted by molar-refractivity contribution is 7.99. The van der Waals surface area contributed by atoms with Gasteiger partial charge in [0.05, 0.1) is 5.29 Å². The molecule has 1 aliphatic carbocycles. The molecule has 4 heteroatoms. The molecule has 1 saturated carbocycles. The van der Waals surface area contributed by atoms with E-state index in [9.17, 15) is 14.4 Å². The predicted octanol–water partition coefficient (Wildman–Crippen LogP) is 1.87. The summed E-state index contributed by atoms with van der Waals surface area (Å²) < 4.78 is 0. The topological polar surface area (TPSA) is 51.2 Å². The monoisotopic (exact) mass is 358 g/mol. The van der Waals surface area contributed by atoms with E-state index in [-0.39, 0.29) is 5.29 Å². The quantitative estimate of drug-likeness (QED) is 0.531. The number of rotatable bonds is 3. The third-order valence-electron chi connectivity index (χ3n) is 4.61. The molecule has 3 nitrogen and oxygen atoms in total. The van der Waals surface area contributed by atoms with E-state index in [2.05, 4.69) is 0 Å². The summed E-state index contributed by atoms with van der Waals surface area (Å²) in [5.74, 6) is -2.22. The molecule has 1 fully saturated rings. The number of Topliss-reactive ketones (excluding diaryl/α,β-unsaturated/α-hetero) is 3. The highest BCUT2D eigenvalue weighted by atomic mass is 31.2. The van der Waals surface area contributed by atoms with E-state index in [1.165, 1.54) is 0 Å². The highest BCUT2D eigenvalue weighted by Crippen LogP contribution is 2.48. The van der Waals surface area contributed by atoms with Crippen LogP contribution >= 0.6 is 6.89 Å². The van der Waals surface area contributed by atoms with Gasteiger partial charge in [-0.25, -0.2) is 0 Å². The van der Waals surface area contributed by atoms with E-state index >= 15 is 0 Å². The van der Waals surface area contributed by atoms with Crippen LogP contribution in [0.4, 0.5) is 0 Å². The van der Waals surface area contributed by atoms with Crippen LogP contribution in [-0.4, -0.2) is 22.6 Å². The summed E-state index contributed by atoms with van der Waals surface area (Å²) in [6.45, 7) is -2.71. The number of ketones is 3. The van der Waals surface area contributed by atoms with Gasteiger partial charge in [-0.1, -0.05) is 91.0 Å². The van der Waals surface area contributed by atoms with Gasteiger partial charge in [0.25, 0.3) is 5.78 Å². The fourth-order valence-electron chi connectivity index (χ4n) is 3.45. The molecule has 0 aliphatic heterocycles. The maximum Gasteiger partial charge on any atom is 0.274 e. The van der Waals surface area contributed by atoms with Crippen LogP contribution in [0.2, 0.25) is 0 Å². The van der Waals surface area contributed by atoms with Crippen molar-refractivity contribution in [2.45, 2.75) is 0 Å². The fourth-order valence-corrected chi connectivity index (χ4v) is 7.79. The molecule has 0 spiro atoms. The predicted molar refractivity (Wildman–Crippen MR) is 105 cm³/mol. The summed E-state index contributed by atoms with van der Waals surface area (Å²) in [6, 6.07) is 28.7. The van der Waals surface area contributed by atoms with E-state index in [1.807, 2.05) is 91.0 Å². The lowest BCUT2D eigenvalue weighted by molar-refractivity contribution is -0.142. The Morgan fingerprint density at radius 1 is 0.423 bits per heavy atom. The Morgan fingerprint density at radius 3 is 1.04 bits per heavy atom. The van der Waals surface area contributed by atoms with Crippen LogP contribution in [0, 0.1) is 0 Å². The normalized spacial score (nSPS) is 14.3. The summed E-state index contributed by atoms with van der Waals surface area (Å²) in [5.41, 5.74) is 0. The summed E-state index contributed by atoms with van der Waals surface area (Å²) in [7, 11) is 0. The summed E-state index contributed by atoms with van der Waals surface area (Å²) in [4.78, 5) is 36.9. The minimum absolute atomic E-state index is 0.131. The van der Waals surface area contributed by atoms with Gasteiger partial charge in [-0.3, -0.25) is 14.4 Å². The lowest BCUT2D eigenvalue weighted by atomic mass is 9.94. The van der Waals surface area contributed by atoms with Gasteiger partial charge in [0.1, 0.15) is 0 Å². The Bertz CT molecular complexity index is 945. The van der Waals surface area contributed by atoms with E-state index in [0.29, 0.717) is 0 Å². The third kappa shape index (κ3) is 2.25. The Balaban J connectivity index is 2.24. The second-order valence-corrected chi connectivity index (χ2v) is 9.35. The van der Waals surface area contributed by atoms with E-state index < -0.39 is 24.2 Å². The van der Waals surface area contributed by atoms with Gasteiger partial charge in [-0.2, -0.15) is 0 Å². The molecular formula is C22H15O3P. The Morgan fingerprint density at radius 2 is 0.731 bits per heavy atom. The zero-order chi connectivity index (χ0) is 18.1. The molecule has 0 saturated heterocycles. The maximum atomic E-state index is 12.6. The smallest absolute Gasteiger partial charge is 0.274 e. The van der Waals surface area contributed by atoms with E-state index in [4.69, 9.17) is 0 Å². The van der Waals surface area contributed by atoms with Crippen LogP contribution in [-0.2, 0) is 14.4 Å². The maximum absolute atomic E-state index is 12.6. The number of hydrogen-bond donors (Lipinski definition) is 0. The summed E-state index contributed by atoms with van der Waals surface area (Å²) in [6.07, 6.45) is 0. The van der Waals surface area contributed by atoms with Crippen molar-refractivity contribution >= 4 is 45.4 Å². The fraction of sp³-hybridized carbons (Fsp3) is 0. The van der Waals surface area contributed by atoms with Crippen molar-refractivity contribution in [2.24, 2.45) is 0 Å². The summed E-state index contributed by atoms with van der Waals surface area (Å²) >= 11 is 0. The van der Waals surface area contributed by atoms with Gasteiger partial charge >= 0.3 is 0 Å². The molecule has 0 aromatic heterocycles. The van der Waals surface area contributed by atoms with Crippen molar-refractivity contribution in [1.82, 2.24) is 0 Å². The molecule has 126 valence electrons. The Labute approximate surface area is 151 Å². The largest absolute Gasteiger partial charge is 0.285 e. The van der Waals surface area contributed by atoms with Crippen LogP contribution in [0.25, 0.3) is 0 Å². The molecule has 3 aromatic carbocycles. The molecule has 0 N–H and O–H groups in total. The molecule has 3 aromatic rings. The van der Waals surface area contributed by atoms with E-state index in [1.54, 1.807) is 0 Å². The van der Waals surface area contributed by atoms with Crippen molar-refractivity contribution in [3.8, 4) is 0 Å². The standard InChI is InChI=1S/C22H15O3P/c23-19-20(24)22(21(19)25)26(16-10-4-1-5-11-16,17-12-6-2-7-13-17)18-14-8-3-9-15-18/h1-15H. The van der Waals surface area contributed by atoms with Crippen LogP contribution in [0.15, 0.2) is 91.0 Å². The first-order valence-corrected chi connectivity index (χ1v) is 10.0.